The lowest BCUT2D eigenvalue weighted by atomic mass is 10.2. The number of halogens is 1. The van der Waals surface area contributed by atoms with Gasteiger partial charge in [-0.05, 0) is 49.2 Å². The van der Waals surface area contributed by atoms with Crippen LogP contribution in [-0.2, 0) is 4.79 Å². The summed E-state index contributed by atoms with van der Waals surface area (Å²) in [5.41, 5.74) is 1.13. The molecular weight excluding hydrogens is 372 g/mol. The molecule has 3 rings (SSSR count). The van der Waals surface area contributed by atoms with Gasteiger partial charge in [-0.1, -0.05) is 28.1 Å². The lowest BCUT2D eigenvalue weighted by molar-refractivity contribution is -0.118. The predicted octanol–water partition coefficient (Wildman–Crippen LogP) is 3.36. The third-order valence-corrected chi connectivity index (χ3v) is 4.06. The molecule has 0 unspecified atom stereocenters. The highest BCUT2D eigenvalue weighted by Crippen LogP contribution is 2.22. The summed E-state index contributed by atoms with van der Waals surface area (Å²) in [6.07, 6.45) is 2.04. The Morgan fingerprint density at radius 3 is 2.50 bits per heavy atom. The Labute approximate surface area is 148 Å². The molecule has 2 aromatic rings. The van der Waals surface area contributed by atoms with Crippen molar-refractivity contribution in [3.05, 3.63) is 58.6 Å². The van der Waals surface area contributed by atoms with E-state index in [9.17, 15) is 9.59 Å². The van der Waals surface area contributed by atoms with E-state index in [1.54, 1.807) is 36.4 Å². The SMILES string of the molecule is O=C(COc1ccccc1C(=O)NC1CC1)Nc1ccc(Br)cc1. The fourth-order valence-corrected chi connectivity index (χ4v) is 2.41. The highest BCUT2D eigenvalue weighted by molar-refractivity contribution is 9.10. The van der Waals surface area contributed by atoms with Crippen molar-refractivity contribution in [2.24, 2.45) is 0 Å². The predicted molar refractivity (Wildman–Crippen MR) is 95.2 cm³/mol. The van der Waals surface area contributed by atoms with Gasteiger partial charge < -0.3 is 15.4 Å². The van der Waals surface area contributed by atoms with Crippen LogP contribution < -0.4 is 15.4 Å². The molecule has 0 bridgehead atoms. The fourth-order valence-electron chi connectivity index (χ4n) is 2.14. The van der Waals surface area contributed by atoms with Crippen molar-refractivity contribution >= 4 is 33.4 Å². The summed E-state index contributed by atoms with van der Waals surface area (Å²) >= 11 is 3.34. The quantitative estimate of drug-likeness (QED) is 0.796. The molecule has 24 heavy (non-hydrogen) atoms. The van der Waals surface area contributed by atoms with E-state index >= 15 is 0 Å². The Morgan fingerprint density at radius 1 is 1.08 bits per heavy atom. The summed E-state index contributed by atoms with van der Waals surface area (Å²) in [5.74, 6) is -0.0437. The van der Waals surface area contributed by atoms with Crippen molar-refractivity contribution in [1.82, 2.24) is 5.32 Å². The molecule has 0 saturated heterocycles. The van der Waals surface area contributed by atoms with E-state index in [4.69, 9.17) is 4.74 Å². The molecule has 0 aliphatic heterocycles. The van der Waals surface area contributed by atoms with Gasteiger partial charge in [0.2, 0.25) is 0 Å². The number of para-hydroxylation sites is 1. The molecule has 6 heteroatoms. The van der Waals surface area contributed by atoms with E-state index in [0.717, 1.165) is 17.3 Å². The Kier molecular flexibility index (Phi) is 5.15. The van der Waals surface area contributed by atoms with Crippen LogP contribution in [0, 0.1) is 0 Å². The van der Waals surface area contributed by atoms with Crippen molar-refractivity contribution in [2.75, 3.05) is 11.9 Å². The highest BCUT2D eigenvalue weighted by Gasteiger charge is 2.25. The topological polar surface area (TPSA) is 67.4 Å². The normalized spacial score (nSPS) is 13.2. The average molecular weight is 389 g/mol. The zero-order chi connectivity index (χ0) is 16.9. The standard InChI is InChI=1S/C18H17BrN2O3/c19-12-5-7-13(8-6-12)20-17(22)11-24-16-4-2-1-3-15(16)18(23)21-14-9-10-14/h1-8,14H,9-11H2,(H,20,22)(H,21,23). The lowest BCUT2D eigenvalue weighted by Crippen LogP contribution is -2.26. The average Bonchev–Trinajstić information content (AvgIpc) is 3.39. The largest absolute Gasteiger partial charge is 0.483 e. The zero-order valence-electron chi connectivity index (χ0n) is 12.9. The summed E-state index contributed by atoms with van der Waals surface area (Å²) in [4.78, 5) is 24.2. The fraction of sp³-hybridized carbons (Fsp3) is 0.222. The van der Waals surface area contributed by atoms with Crippen LogP contribution in [-0.4, -0.2) is 24.5 Å². The van der Waals surface area contributed by atoms with Gasteiger partial charge in [-0.2, -0.15) is 0 Å². The summed E-state index contributed by atoms with van der Waals surface area (Å²) in [7, 11) is 0. The molecule has 0 atom stereocenters. The van der Waals surface area contributed by atoms with Crippen molar-refractivity contribution in [3.63, 3.8) is 0 Å². The Hall–Kier alpha value is -2.34. The van der Waals surface area contributed by atoms with Crippen LogP contribution in [0.2, 0.25) is 0 Å². The zero-order valence-corrected chi connectivity index (χ0v) is 14.5. The van der Waals surface area contributed by atoms with Gasteiger partial charge in [0.25, 0.3) is 11.8 Å². The Morgan fingerprint density at radius 2 is 1.79 bits per heavy atom. The molecule has 1 saturated carbocycles. The highest BCUT2D eigenvalue weighted by atomic mass is 79.9. The molecule has 0 aromatic heterocycles. The lowest BCUT2D eigenvalue weighted by Gasteiger charge is -2.11. The number of ether oxygens (including phenoxy) is 1. The molecule has 5 nitrogen and oxygen atoms in total. The smallest absolute Gasteiger partial charge is 0.262 e. The number of amides is 2. The van der Waals surface area contributed by atoms with Crippen LogP contribution in [0.5, 0.6) is 5.75 Å². The second-order valence-corrected chi connectivity index (χ2v) is 6.50. The molecule has 124 valence electrons. The Bertz CT molecular complexity index is 742. The number of carbonyl (C=O) groups is 2. The number of carbonyl (C=O) groups excluding carboxylic acids is 2. The Balaban J connectivity index is 1.58. The summed E-state index contributed by atoms with van der Waals surface area (Å²) in [6, 6.07) is 14.5. The van der Waals surface area contributed by atoms with E-state index in [1.807, 2.05) is 12.1 Å². The minimum Gasteiger partial charge on any atom is -0.483 e. The van der Waals surface area contributed by atoms with Crippen LogP contribution in [0.15, 0.2) is 53.0 Å². The summed E-state index contributed by atoms with van der Waals surface area (Å²) in [5, 5.41) is 5.66. The van der Waals surface area contributed by atoms with E-state index < -0.39 is 0 Å². The van der Waals surface area contributed by atoms with Gasteiger partial charge in [-0.15, -0.1) is 0 Å². The number of rotatable bonds is 6. The first-order chi connectivity index (χ1) is 11.6. The first kappa shape index (κ1) is 16.5. The van der Waals surface area contributed by atoms with Crippen LogP contribution in [0.4, 0.5) is 5.69 Å². The van der Waals surface area contributed by atoms with E-state index in [2.05, 4.69) is 26.6 Å². The molecule has 1 aliphatic rings. The second kappa shape index (κ2) is 7.49. The molecular formula is C18H17BrN2O3. The molecule has 0 radical (unpaired) electrons. The molecule has 0 spiro atoms. The van der Waals surface area contributed by atoms with Crippen molar-refractivity contribution in [3.8, 4) is 5.75 Å². The molecule has 1 aliphatic carbocycles. The van der Waals surface area contributed by atoms with Crippen molar-refractivity contribution < 1.29 is 14.3 Å². The minimum atomic E-state index is -0.283. The minimum absolute atomic E-state index is 0.163. The van der Waals surface area contributed by atoms with Gasteiger partial charge in [-0.3, -0.25) is 9.59 Å². The number of anilines is 1. The van der Waals surface area contributed by atoms with Crippen LogP contribution >= 0.6 is 15.9 Å². The van der Waals surface area contributed by atoms with Crippen LogP contribution in [0.1, 0.15) is 23.2 Å². The number of hydrogen-bond donors (Lipinski definition) is 2. The summed E-state index contributed by atoms with van der Waals surface area (Å²) < 4.78 is 6.47. The van der Waals surface area contributed by atoms with Crippen LogP contribution in [0.3, 0.4) is 0 Å². The molecule has 2 aromatic carbocycles. The number of benzene rings is 2. The first-order valence-corrected chi connectivity index (χ1v) is 8.49. The maximum atomic E-state index is 12.2. The molecule has 1 fully saturated rings. The summed E-state index contributed by atoms with van der Waals surface area (Å²) in [6.45, 7) is -0.163. The van der Waals surface area contributed by atoms with Gasteiger partial charge >= 0.3 is 0 Å². The van der Waals surface area contributed by atoms with Crippen LogP contribution in [0.25, 0.3) is 0 Å². The van der Waals surface area contributed by atoms with E-state index in [0.29, 0.717) is 17.0 Å². The van der Waals surface area contributed by atoms with Gasteiger partial charge in [0, 0.05) is 16.2 Å². The molecule has 2 amide bonds. The van der Waals surface area contributed by atoms with Gasteiger partial charge in [-0.25, -0.2) is 0 Å². The van der Waals surface area contributed by atoms with Gasteiger partial charge in [0.1, 0.15) is 5.75 Å². The monoisotopic (exact) mass is 388 g/mol. The number of nitrogens with one attached hydrogen (secondary N) is 2. The number of hydrogen-bond acceptors (Lipinski definition) is 3. The molecule has 0 heterocycles. The van der Waals surface area contributed by atoms with Crippen molar-refractivity contribution in [2.45, 2.75) is 18.9 Å². The maximum absolute atomic E-state index is 12.2. The van der Waals surface area contributed by atoms with E-state index in [1.165, 1.54) is 0 Å². The van der Waals surface area contributed by atoms with Crippen molar-refractivity contribution in [1.29, 1.82) is 0 Å². The third kappa shape index (κ3) is 4.58. The van der Waals surface area contributed by atoms with E-state index in [-0.39, 0.29) is 24.5 Å². The van der Waals surface area contributed by atoms with Gasteiger partial charge in [0.05, 0.1) is 5.56 Å². The third-order valence-electron chi connectivity index (χ3n) is 3.53. The molecule has 2 N–H and O–H groups in total. The second-order valence-electron chi connectivity index (χ2n) is 5.59. The maximum Gasteiger partial charge on any atom is 0.262 e. The van der Waals surface area contributed by atoms with Gasteiger partial charge in [0.15, 0.2) is 6.61 Å². The first-order valence-electron chi connectivity index (χ1n) is 7.70.